The van der Waals surface area contributed by atoms with Crippen molar-refractivity contribution in [3.63, 3.8) is 0 Å². The van der Waals surface area contributed by atoms with Crippen LogP contribution >= 0.6 is 15.9 Å². The number of hydrogen-bond acceptors (Lipinski definition) is 5. The van der Waals surface area contributed by atoms with E-state index in [-0.39, 0.29) is 10.6 Å². The molecule has 0 aliphatic carbocycles. The van der Waals surface area contributed by atoms with Gasteiger partial charge in [-0.2, -0.15) is 12.8 Å². The average Bonchev–Trinajstić information content (AvgIpc) is 3.02. The predicted molar refractivity (Wildman–Crippen MR) is 103 cm³/mol. The molecule has 140 valence electrons. The number of hydrogen-bond donors (Lipinski definition) is 1. The Bertz CT molecular complexity index is 1190. The van der Waals surface area contributed by atoms with E-state index in [1.807, 2.05) is 6.07 Å². The van der Waals surface area contributed by atoms with Crippen molar-refractivity contribution in [1.29, 1.82) is 0 Å². The Morgan fingerprint density at radius 1 is 1.30 bits per heavy atom. The molecule has 27 heavy (non-hydrogen) atoms. The highest BCUT2D eigenvalue weighted by Gasteiger charge is 2.25. The lowest BCUT2D eigenvalue weighted by molar-refractivity contribution is -0.480. The van der Waals surface area contributed by atoms with E-state index in [9.17, 15) is 18.5 Å². The van der Waals surface area contributed by atoms with E-state index in [1.54, 1.807) is 30.5 Å². The quantitative estimate of drug-likeness (QED) is 0.277. The Morgan fingerprint density at radius 3 is 2.70 bits per heavy atom. The van der Waals surface area contributed by atoms with Gasteiger partial charge in [-0.1, -0.05) is 6.07 Å². The first-order valence-electron chi connectivity index (χ1n) is 7.72. The molecule has 0 saturated heterocycles. The van der Waals surface area contributed by atoms with Crippen LogP contribution in [0.25, 0.3) is 5.65 Å². The summed E-state index contributed by atoms with van der Waals surface area (Å²) in [7, 11) is -4.08. The molecule has 0 amide bonds. The number of hydrazine groups is 1. The maximum Gasteiger partial charge on any atom is 0.330 e. The van der Waals surface area contributed by atoms with Crippen LogP contribution in [0.4, 0.5) is 11.5 Å². The normalized spacial score (nSPS) is 12.3. The molecule has 1 N–H and O–H groups in total. The standard InChI is InChI=1S/C16H15BrN5O4S/c1-3-21(16-9-18-15-7-5-12(17)10-20(15)16)19-27(25,26)14-8-13(22(23)24)6-4-11(14)2/h3-10,19H,1-2H3/q+1. The third-order valence-electron chi connectivity index (χ3n) is 3.85. The maximum absolute atomic E-state index is 12.9. The molecule has 0 unspecified atom stereocenters. The molecule has 0 saturated carbocycles. The van der Waals surface area contributed by atoms with Crippen molar-refractivity contribution >= 4 is 49.3 Å². The summed E-state index contributed by atoms with van der Waals surface area (Å²) in [5.74, 6) is 0.459. The zero-order chi connectivity index (χ0) is 19.8. The van der Waals surface area contributed by atoms with Gasteiger partial charge in [-0.25, -0.2) is 4.98 Å². The minimum atomic E-state index is -4.08. The number of imidazole rings is 1. The number of hydrazone groups is 1. The minimum Gasteiger partial charge on any atom is -0.258 e. The molecule has 1 aromatic carbocycles. The highest BCUT2D eigenvalue weighted by molar-refractivity contribution is 9.10. The largest absolute Gasteiger partial charge is 0.330 e. The van der Waals surface area contributed by atoms with Crippen LogP contribution in [0.3, 0.4) is 0 Å². The lowest BCUT2D eigenvalue weighted by atomic mass is 10.2. The number of halogens is 1. The number of nitrogens with zero attached hydrogens (tertiary/aromatic N) is 4. The van der Waals surface area contributed by atoms with Crippen LogP contribution in [0.1, 0.15) is 12.5 Å². The fourth-order valence-corrected chi connectivity index (χ4v) is 4.18. The second-order valence-electron chi connectivity index (χ2n) is 5.62. The van der Waals surface area contributed by atoms with Crippen LogP contribution in [-0.4, -0.2) is 33.6 Å². The van der Waals surface area contributed by atoms with Gasteiger partial charge in [0, 0.05) is 18.2 Å². The Labute approximate surface area is 163 Å². The highest BCUT2D eigenvalue weighted by atomic mass is 79.9. The molecule has 0 spiro atoms. The van der Waals surface area contributed by atoms with Crippen LogP contribution in [-0.2, 0) is 10.0 Å². The van der Waals surface area contributed by atoms with Crippen molar-refractivity contribution in [2.45, 2.75) is 18.7 Å². The van der Waals surface area contributed by atoms with Crippen molar-refractivity contribution in [3.8, 4) is 0 Å². The number of nitro groups is 1. The number of fused-ring (bicyclic) bond motifs is 1. The van der Waals surface area contributed by atoms with Crippen LogP contribution in [0.2, 0.25) is 0 Å². The fraction of sp³-hybridized carbons (Fsp3) is 0.125. The zero-order valence-electron chi connectivity index (χ0n) is 14.3. The molecule has 9 nitrogen and oxygen atoms in total. The second-order valence-corrected chi connectivity index (χ2v) is 8.17. The van der Waals surface area contributed by atoms with Gasteiger partial charge in [0.15, 0.2) is 0 Å². The van der Waals surface area contributed by atoms with E-state index in [4.69, 9.17) is 0 Å². The third kappa shape index (κ3) is 3.69. The average molecular weight is 453 g/mol. The first-order valence-corrected chi connectivity index (χ1v) is 9.99. The number of sulfonamides is 1. The van der Waals surface area contributed by atoms with Crippen molar-refractivity contribution in [1.82, 2.24) is 14.2 Å². The first kappa shape index (κ1) is 19.0. The lowest BCUT2D eigenvalue weighted by Crippen LogP contribution is -2.33. The van der Waals surface area contributed by atoms with Gasteiger partial charge in [0.05, 0.1) is 20.5 Å². The Hall–Kier alpha value is -2.79. The molecule has 0 fully saturated rings. The zero-order valence-corrected chi connectivity index (χ0v) is 16.7. The molecule has 3 rings (SSSR count). The Kier molecular flexibility index (Phi) is 4.98. The van der Waals surface area contributed by atoms with Crippen molar-refractivity contribution < 1.29 is 18.0 Å². The third-order valence-corrected chi connectivity index (χ3v) is 5.77. The van der Waals surface area contributed by atoms with E-state index < -0.39 is 14.9 Å². The fourth-order valence-electron chi connectivity index (χ4n) is 2.52. The van der Waals surface area contributed by atoms with Gasteiger partial charge in [-0.3, -0.25) is 10.1 Å². The van der Waals surface area contributed by atoms with Gasteiger partial charge in [0.1, 0.15) is 12.4 Å². The van der Waals surface area contributed by atoms with Crippen molar-refractivity contribution in [2.75, 3.05) is 0 Å². The van der Waals surface area contributed by atoms with Gasteiger partial charge in [0.2, 0.25) is 5.65 Å². The maximum atomic E-state index is 12.9. The van der Waals surface area contributed by atoms with Gasteiger partial charge in [0.25, 0.3) is 15.7 Å². The Balaban J connectivity index is 2.05. The number of rotatable bonds is 5. The molecule has 0 radical (unpaired) electrons. The molecule has 11 heteroatoms. The number of nitro benzene ring substituents is 1. The van der Waals surface area contributed by atoms with Crippen LogP contribution in [0, 0.1) is 17.0 Å². The SMILES string of the molecule is CC=[N+](NS(=O)(=O)c1cc([N+](=O)[O-])ccc1C)c1cnc2ccc(Br)cn12. The second kappa shape index (κ2) is 7.08. The van der Waals surface area contributed by atoms with Crippen LogP contribution < -0.4 is 4.83 Å². The minimum absolute atomic E-state index is 0.168. The van der Waals surface area contributed by atoms with E-state index in [0.717, 1.165) is 10.5 Å². The lowest BCUT2D eigenvalue weighted by Gasteiger charge is -2.10. The predicted octanol–water partition coefficient (Wildman–Crippen LogP) is 2.94. The van der Waals surface area contributed by atoms with E-state index in [2.05, 4.69) is 25.7 Å². The number of nitrogens with one attached hydrogen (secondary N) is 1. The van der Waals surface area contributed by atoms with Crippen molar-refractivity contribution in [2.24, 2.45) is 0 Å². The van der Waals surface area contributed by atoms with Gasteiger partial charge < -0.3 is 0 Å². The summed E-state index contributed by atoms with van der Waals surface area (Å²) >= 11 is 3.37. The summed E-state index contributed by atoms with van der Waals surface area (Å²) in [5, 5.41) is 11.0. The van der Waals surface area contributed by atoms with Gasteiger partial charge in [-0.05, 0) is 41.4 Å². The monoisotopic (exact) mass is 452 g/mol. The van der Waals surface area contributed by atoms with Gasteiger partial charge in [-0.15, -0.1) is 9.52 Å². The first-order chi connectivity index (χ1) is 12.7. The molecular formula is C16H15BrN5O4S+. The summed E-state index contributed by atoms with van der Waals surface area (Å²) in [6.07, 6.45) is 4.79. The summed E-state index contributed by atoms with van der Waals surface area (Å²) in [6, 6.07) is 7.30. The van der Waals surface area contributed by atoms with E-state index >= 15 is 0 Å². The molecule has 2 heterocycles. The number of aromatic nitrogens is 2. The smallest absolute Gasteiger partial charge is 0.258 e. The number of aryl methyl sites for hydroxylation is 1. The molecule has 2 aromatic heterocycles. The van der Waals surface area contributed by atoms with Crippen molar-refractivity contribution in [3.05, 3.63) is 62.9 Å². The van der Waals surface area contributed by atoms with E-state index in [1.165, 1.54) is 29.2 Å². The summed E-state index contributed by atoms with van der Waals surface area (Å²) < 4.78 is 29.5. The molecule has 0 aliphatic rings. The highest BCUT2D eigenvalue weighted by Crippen LogP contribution is 2.23. The topological polar surface area (TPSA) is 110 Å². The molecule has 0 bridgehead atoms. The summed E-state index contributed by atoms with van der Waals surface area (Å²) in [6.45, 7) is 3.23. The molecule has 0 aliphatic heterocycles. The van der Waals surface area contributed by atoms with Gasteiger partial charge >= 0.3 is 5.82 Å². The molecule has 3 aromatic rings. The number of non-ortho nitro benzene ring substituents is 1. The summed E-state index contributed by atoms with van der Waals surface area (Å²) in [5.41, 5.74) is 0.725. The van der Waals surface area contributed by atoms with Crippen LogP contribution in [0.15, 0.2) is 52.1 Å². The molecule has 0 atom stereocenters. The Morgan fingerprint density at radius 2 is 2.04 bits per heavy atom. The van der Waals surface area contributed by atoms with Crippen LogP contribution in [0.5, 0.6) is 0 Å². The number of benzene rings is 1. The summed E-state index contributed by atoms with van der Waals surface area (Å²) in [4.78, 5) is 16.9. The molecular weight excluding hydrogens is 438 g/mol. The number of pyridine rings is 1. The van der Waals surface area contributed by atoms with E-state index in [0.29, 0.717) is 17.0 Å².